The molecule has 1 aliphatic rings. The van der Waals surface area contributed by atoms with Gasteiger partial charge in [-0.05, 0) is 30.9 Å². The van der Waals surface area contributed by atoms with Crippen LogP contribution in [0.1, 0.15) is 44.8 Å². The molecule has 0 bridgehead atoms. The third-order valence-electron chi connectivity index (χ3n) is 3.38. The number of pyridine rings is 1. The molecule has 1 saturated carbocycles. The summed E-state index contributed by atoms with van der Waals surface area (Å²) in [5.74, 6) is 0.561. The van der Waals surface area contributed by atoms with Gasteiger partial charge in [-0.2, -0.15) is 0 Å². The molecule has 16 heavy (non-hydrogen) atoms. The van der Waals surface area contributed by atoms with Crippen molar-refractivity contribution < 1.29 is 4.39 Å². The number of nitrogens with zero attached hydrogens (tertiary/aromatic N) is 1. The average Bonchev–Trinajstić information content (AvgIpc) is 3.06. The Hall–Kier alpha value is -0.960. The van der Waals surface area contributed by atoms with Crippen LogP contribution in [0.4, 0.5) is 4.39 Å². The number of hydrogen-bond donors (Lipinski definition) is 1. The van der Waals surface area contributed by atoms with Gasteiger partial charge in [-0.3, -0.25) is 4.98 Å². The van der Waals surface area contributed by atoms with E-state index in [0.29, 0.717) is 6.04 Å². The minimum atomic E-state index is -0.267. The maximum absolute atomic E-state index is 12.8. The average molecular weight is 222 g/mol. The van der Waals surface area contributed by atoms with E-state index in [-0.39, 0.29) is 11.9 Å². The molecule has 0 saturated heterocycles. The molecule has 2 nitrogen and oxygen atoms in total. The van der Waals surface area contributed by atoms with Crippen molar-refractivity contribution in [3.63, 3.8) is 0 Å². The van der Waals surface area contributed by atoms with Crippen molar-refractivity contribution in [2.24, 2.45) is 5.92 Å². The van der Waals surface area contributed by atoms with Gasteiger partial charge >= 0.3 is 0 Å². The van der Waals surface area contributed by atoms with Gasteiger partial charge in [-0.15, -0.1) is 0 Å². The number of nitrogens with one attached hydrogen (secondary N) is 1. The van der Waals surface area contributed by atoms with Crippen LogP contribution in [-0.2, 0) is 0 Å². The summed E-state index contributed by atoms with van der Waals surface area (Å²) in [6.07, 6.45) is 4.80. The van der Waals surface area contributed by atoms with E-state index in [9.17, 15) is 4.39 Å². The molecule has 1 aliphatic carbocycles. The van der Waals surface area contributed by atoms with Gasteiger partial charge < -0.3 is 5.32 Å². The zero-order chi connectivity index (χ0) is 11.5. The second-order valence-electron chi connectivity index (χ2n) is 4.54. The monoisotopic (exact) mass is 222 g/mol. The van der Waals surface area contributed by atoms with Crippen molar-refractivity contribution >= 4 is 0 Å². The minimum Gasteiger partial charge on any atom is -0.306 e. The number of aromatic nitrogens is 1. The van der Waals surface area contributed by atoms with E-state index in [1.54, 1.807) is 6.07 Å². The molecular weight excluding hydrogens is 203 g/mol. The van der Waals surface area contributed by atoms with Crippen LogP contribution in [-0.4, -0.2) is 11.0 Å². The van der Waals surface area contributed by atoms with Gasteiger partial charge in [-0.1, -0.05) is 20.3 Å². The molecule has 1 fully saturated rings. The molecule has 1 aromatic rings. The van der Waals surface area contributed by atoms with Crippen LogP contribution in [0.25, 0.3) is 0 Å². The summed E-state index contributed by atoms with van der Waals surface area (Å²) in [7, 11) is 0. The van der Waals surface area contributed by atoms with Gasteiger partial charge in [-0.25, -0.2) is 4.39 Å². The highest BCUT2D eigenvalue weighted by molar-refractivity contribution is 5.11. The first-order valence-corrected chi connectivity index (χ1v) is 6.12. The lowest BCUT2D eigenvalue weighted by molar-refractivity contribution is 0.482. The van der Waals surface area contributed by atoms with E-state index in [2.05, 4.69) is 24.1 Å². The van der Waals surface area contributed by atoms with Crippen molar-refractivity contribution in [1.29, 1.82) is 0 Å². The largest absolute Gasteiger partial charge is 0.306 e. The summed E-state index contributed by atoms with van der Waals surface area (Å²) in [5, 5.41) is 3.59. The standard InChI is InChI=1S/C13H19FN2/c1-3-9-7-13(9)16-11(4-2)12-6-5-10(14)8-15-12/h5-6,8-9,11,13,16H,3-4,7H2,1-2H3. The molecule has 3 heteroatoms. The summed E-state index contributed by atoms with van der Waals surface area (Å²) < 4.78 is 12.8. The lowest BCUT2D eigenvalue weighted by atomic mass is 10.1. The fraction of sp³-hybridized carbons (Fsp3) is 0.615. The number of hydrogen-bond acceptors (Lipinski definition) is 2. The highest BCUT2D eigenvalue weighted by Crippen LogP contribution is 2.35. The smallest absolute Gasteiger partial charge is 0.141 e. The Morgan fingerprint density at radius 3 is 2.81 bits per heavy atom. The zero-order valence-corrected chi connectivity index (χ0v) is 9.91. The molecule has 3 atom stereocenters. The van der Waals surface area contributed by atoms with Crippen molar-refractivity contribution in [2.75, 3.05) is 0 Å². The summed E-state index contributed by atoms with van der Waals surface area (Å²) in [6, 6.07) is 4.17. The molecule has 0 amide bonds. The van der Waals surface area contributed by atoms with Gasteiger partial charge in [0.05, 0.1) is 11.9 Å². The Bertz CT molecular complexity index is 336. The van der Waals surface area contributed by atoms with E-state index in [4.69, 9.17) is 0 Å². The summed E-state index contributed by atoms with van der Waals surface area (Å²) in [6.45, 7) is 4.36. The molecule has 88 valence electrons. The Balaban J connectivity index is 1.97. The van der Waals surface area contributed by atoms with Crippen molar-refractivity contribution in [2.45, 2.75) is 45.2 Å². The molecule has 1 N–H and O–H groups in total. The first kappa shape index (κ1) is 11.5. The fourth-order valence-corrected chi connectivity index (χ4v) is 2.17. The van der Waals surface area contributed by atoms with Crippen LogP contribution < -0.4 is 5.32 Å². The highest BCUT2D eigenvalue weighted by atomic mass is 19.1. The second-order valence-corrected chi connectivity index (χ2v) is 4.54. The van der Waals surface area contributed by atoms with E-state index in [0.717, 1.165) is 18.0 Å². The highest BCUT2D eigenvalue weighted by Gasteiger charge is 2.36. The van der Waals surface area contributed by atoms with Crippen LogP contribution in [0.2, 0.25) is 0 Å². The molecule has 1 aromatic heterocycles. The SMILES string of the molecule is CCC(NC1CC1CC)c1ccc(F)cn1. The Kier molecular flexibility index (Phi) is 3.54. The van der Waals surface area contributed by atoms with Crippen LogP contribution in [0.5, 0.6) is 0 Å². The van der Waals surface area contributed by atoms with Crippen molar-refractivity contribution in [3.8, 4) is 0 Å². The van der Waals surface area contributed by atoms with Gasteiger partial charge in [0, 0.05) is 12.1 Å². The quantitative estimate of drug-likeness (QED) is 0.828. The Morgan fingerprint density at radius 1 is 1.50 bits per heavy atom. The third kappa shape index (κ3) is 2.59. The zero-order valence-electron chi connectivity index (χ0n) is 9.91. The third-order valence-corrected chi connectivity index (χ3v) is 3.38. The first-order chi connectivity index (χ1) is 7.74. The number of halogens is 1. The summed E-state index contributed by atoms with van der Waals surface area (Å²) >= 11 is 0. The van der Waals surface area contributed by atoms with Crippen LogP contribution in [0.3, 0.4) is 0 Å². The molecule has 0 aromatic carbocycles. The van der Waals surface area contributed by atoms with E-state index in [1.807, 2.05) is 0 Å². The number of rotatable bonds is 5. The lowest BCUT2D eigenvalue weighted by Crippen LogP contribution is -2.25. The topological polar surface area (TPSA) is 24.9 Å². The molecular formula is C13H19FN2. The van der Waals surface area contributed by atoms with Crippen LogP contribution >= 0.6 is 0 Å². The van der Waals surface area contributed by atoms with Crippen molar-refractivity contribution in [3.05, 3.63) is 29.8 Å². The Labute approximate surface area is 96.3 Å². The lowest BCUT2D eigenvalue weighted by Gasteiger charge is -2.16. The van der Waals surface area contributed by atoms with Gasteiger partial charge in [0.25, 0.3) is 0 Å². The normalized spacial score (nSPS) is 25.4. The van der Waals surface area contributed by atoms with Crippen LogP contribution in [0, 0.1) is 11.7 Å². The maximum Gasteiger partial charge on any atom is 0.141 e. The minimum absolute atomic E-state index is 0.266. The molecule has 1 heterocycles. The Morgan fingerprint density at radius 2 is 2.31 bits per heavy atom. The van der Waals surface area contributed by atoms with Crippen molar-refractivity contribution in [1.82, 2.24) is 10.3 Å². The van der Waals surface area contributed by atoms with Gasteiger partial charge in [0.2, 0.25) is 0 Å². The van der Waals surface area contributed by atoms with Gasteiger partial charge in [0.15, 0.2) is 0 Å². The molecule has 0 spiro atoms. The predicted octanol–water partition coefficient (Wildman–Crippen LogP) is 3.06. The maximum atomic E-state index is 12.8. The summed E-state index contributed by atoms with van der Waals surface area (Å²) in [5.41, 5.74) is 0.950. The molecule has 3 unspecified atom stereocenters. The molecule has 0 aliphatic heterocycles. The second kappa shape index (κ2) is 4.91. The predicted molar refractivity (Wildman–Crippen MR) is 62.5 cm³/mol. The first-order valence-electron chi connectivity index (χ1n) is 6.12. The van der Waals surface area contributed by atoms with Gasteiger partial charge in [0.1, 0.15) is 5.82 Å². The molecule has 0 radical (unpaired) electrons. The summed E-state index contributed by atoms with van der Waals surface area (Å²) in [4.78, 5) is 4.14. The molecule has 2 rings (SSSR count). The van der Waals surface area contributed by atoms with E-state index in [1.165, 1.54) is 25.1 Å². The van der Waals surface area contributed by atoms with E-state index < -0.39 is 0 Å². The van der Waals surface area contributed by atoms with E-state index >= 15 is 0 Å². The van der Waals surface area contributed by atoms with Crippen LogP contribution in [0.15, 0.2) is 18.3 Å². The fourth-order valence-electron chi connectivity index (χ4n) is 2.17.